The molecule has 0 aromatic carbocycles. The van der Waals surface area contributed by atoms with Gasteiger partial charge in [-0.2, -0.15) is 0 Å². The number of morpholine rings is 1. The molecule has 1 aromatic heterocycles. The monoisotopic (exact) mass is 318 g/mol. The Kier molecular flexibility index (Phi) is 4.46. The molecule has 0 radical (unpaired) electrons. The van der Waals surface area contributed by atoms with Crippen molar-refractivity contribution in [3.63, 3.8) is 0 Å². The van der Waals surface area contributed by atoms with Gasteiger partial charge in [0.25, 0.3) is 0 Å². The highest BCUT2D eigenvalue weighted by Crippen LogP contribution is 2.18. The Morgan fingerprint density at radius 1 is 1.45 bits per heavy atom. The van der Waals surface area contributed by atoms with Crippen molar-refractivity contribution in [2.24, 2.45) is 0 Å². The minimum absolute atomic E-state index is 0.0118. The summed E-state index contributed by atoms with van der Waals surface area (Å²) in [6, 6.07) is 0. The Balaban J connectivity index is 2.07. The van der Waals surface area contributed by atoms with Gasteiger partial charge in [0.15, 0.2) is 0 Å². The van der Waals surface area contributed by atoms with Gasteiger partial charge >= 0.3 is 0 Å². The fourth-order valence-electron chi connectivity index (χ4n) is 2.17. The highest BCUT2D eigenvalue weighted by molar-refractivity contribution is 7.93. The molecule has 112 valence electrons. The van der Waals surface area contributed by atoms with Gasteiger partial charge in [-0.05, 0) is 20.8 Å². The van der Waals surface area contributed by atoms with Gasteiger partial charge in [0.05, 0.1) is 12.2 Å². The summed E-state index contributed by atoms with van der Waals surface area (Å²) in [5.41, 5.74) is 0.648. The number of amides is 1. The lowest BCUT2D eigenvalue weighted by molar-refractivity contribution is -0.140. The molecule has 0 aliphatic carbocycles. The maximum atomic E-state index is 12.2. The summed E-state index contributed by atoms with van der Waals surface area (Å²) in [6.45, 7) is 6.32. The Morgan fingerprint density at radius 2 is 2.05 bits per heavy atom. The van der Waals surface area contributed by atoms with E-state index in [9.17, 15) is 13.2 Å². The van der Waals surface area contributed by atoms with E-state index in [2.05, 4.69) is 4.98 Å². The van der Waals surface area contributed by atoms with Crippen molar-refractivity contribution in [2.75, 3.05) is 18.8 Å². The summed E-state index contributed by atoms with van der Waals surface area (Å²) in [6.07, 6.45) is -0.153. The molecule has 6 nitrogen and oxygen atoms in total. The van der Waals surface area contributed by atoms with E-state index in [1.807, 2.05) is 13.8 Å². The molecule has 1 aromatic rings. The van der Waals surface area contributed by atoms with E-state index in [-0.39, 0.29) is 22.5 Å². The van der Waals surface area contributed by atoms with Crippen LogP contribution < -0.4 is 0 Å². The van der Waals surface area contributed by atoms with Crippen LogP contribution >= 0.6 is 11.3 Å². The number of carbonyl (C=O) groups excluding carboxylic acids is 1. The van der Waals surface area contributed by atoms with Gasteiger partial charge in [0, 0.05) is 24.2 Å². The van der Waals surface area contributed by atoms with Gasteiger partial charge in [-0.15, -0.1) is 11.3 Å². The molecule has 20 heavy (non-hydrogen) atoms. The minimum Gasteiger partial charge on any atom is -0.372 e. The fourth-order valence-corrected chi connectivity index (χ4v) is 4.51. The maximum Gasteiger partial charge on any atom is 0.238 e. The second kappa shape index (κ2) is 5.79. The summed E-state index contributed by atoms with van der Waals surface area (Å²) >= 11 is 1.05. The number of aromatic nitrogens is 1. The molecule has 1 fully saturated rings. The smallest absolute Gasteiger partial charge is 0.238 e. The van der Waals surface area contributed by atoms with E-state index in [0.717, 1.165) is 11.3 Å². The predicted octanol–water partition coefficient (Wildman–Crippen LogP) is 0.861. The SMILES string of the molecule is Cc1csc(S(=O)(=O)CC(=O)N2C[C@@H](C)O[C@@H](C)C2)n1. The zero-order valence-corrected chi connectivity index (χ0v) is 13.3. The van der Waals surface area contributed by atoms with E-state index in [4.69, 9.17) is 4.74 Å². The molecule has 0 spiro atoms. The highest BCUT2D eigenvalue weighted by Gasteiger charge is 2.30. The second-order valence-corrected chi connectivity index (χ2v) is 8.09. The van der Waals surface area contributed by atoms with E-state index >= 15 is 0 Å². The normalized spacial score (nSPS) is 23.9. The number of aryl methyl sites for hydroxylation is 1. The van der Waals surface area contributed by atoms with E-state index in [1.54, 1.807) is 17.2 Å². The van der Waals surface area contributed by atoms with Gasteiger partial charge in [-0.1, -0.05) is 0 Å². The van der Waals surface area contributed by atoms with Crippen molar-refractivity contribution in [3.8, 4) is 0 Å². The first-order chi connectivity index (χ1) is 9.28. The van der Waals surface area contributed by atoms with Crippen LogP contribution in [0, 0.1) is 6.92 Å². The molecule has 0 N–H and O–H groups in total. The lowest BCUT2D eigenvalue weighted by Crippen LogP contribution is -2.49. The number of rotatable bonds is 3. The predicted molar refractivity (Wildman–Crippen MR) is 75.5 cm³/mol. The van der Waals surface area contributed by atoms with Crippen LogP contribution in [0.25, 0.3) is 0 Å². The van der Waals surface area contributed by atoms with E-state index in [0.29, 0.717) is 18.8 Å². The molecule has 1 amide bonds. The first-order valence-corrected chi connectivity index (χ1v) is 8.89. The summed E-state index contributed by atoms with van der Waals surface area (Å²) in [5.74, 6) is -0.917. The lowest BCUT2D eigenvalue weighted by atomic mass is 10.2. The summed E-state index contributed by atoms with van der Waals surface area (Å²) in [7, 11) is -3.65. The average molecular weight is 318 g/mol. The summed E-state index contributed by atoms with van der Waals surface area (Å²) < 4.78 is 29.8. The molecule has 0 bridgehead atoms. The molecule has 1 saturated heterocycles. The van der Waals surface area contributed by atoms with Crippen LogP contribution in [0.3, 0.4) is 0 Å². The summed E-state index contributed by atoms with van der Waals surface area (Å²) in [5, 5.41) is 1.66. The standard InChI is InChI=1S/C12H18N2O4S2/c1-8-6-19-12(13-8)20(16,17)7-11(15)14-4-9(2)18-10(3)5-14/h6,9-10H,4-5,7H2,1-3H3/t9-,10+. The van der Waals surface area contributed by atoms with Crippen LogP contribution in [0.1, 0.15) is 19.5 Å². The minimum atomic E-state index is -3.65. The van der Waals surface area contributed by atoms with Crippen molar-refractivity contribution < 1.29 is 17.9 Å². The average Bonchev–Trinajstić information content (AvgIpc) is 2.75. The number of hydrogen-bond acceptors (Lipinski definition) is 6. The van der Waals surface area contributed by atoms with E-state index < -0.39 is 15.6 Å². The van der Waals surface area contributed by atoms with Crippen LogP contribution in [0.5, 0.6) is 0 Å². The number of sulfone groups is 1. The maximum absolute atomic E-state index is 12.2. The molecule has 0 unspecified atom stereocenters. The lowest BCUT2D eigenvalue weighted by Gasteiger charge is -2.35. The summed E-state index contributed by atoms with van der Waals surface area (Å²) in [4.78, 5) is 17.7. The topological polar surface area (TPSA) is 76.6 Å². The molecule has 2 atom stereocenters. The Hall–Kier alpha value is -0.990. The highest BCUT2D eigenvalue weighted by atomic mass is 32.2. The number of ether oxygens (including phenoxy) is 1. The third kappa shape index (κ3) is 3.56. The van der Waals surface area contributed by atoms with Crippen molar-refractivity contribution in [1.29, 1.82) is 0 Å². The van der Waals surface area contributed by atoms with Crippen molar-refractivity contribution >= 4 is 27.1 Å². The zero-order valence-electron chi connectivity index (χ0n) is 11.7. The quantitative estimate of drug-likeness (QED) is 0.826. The first kappa shape index (κ1) is 15.4. The van der Waals surface area contributed by atoms with Crippen molar-refractivity contribution in [3.05, 3.63) is 11.1 Å². The van der Waals surface area contributed by atoms with Gasteiger partial charge < -0.3 is 9.64 Å². The number of hydrogen-bond donors (Lipinski definition) is 0. The molecular weight excluding hydrogens is 300 g/mol. The Bertz CT molecular complexity index is 586. The third-order valence-electron chi connectivity index (χ3n) is 2.95. The Labute approximate surface area is 122 Å². The third-order valence-corrected chi connectivity index (χ3v) is 6.00. The molecule has 1 aliphatic rings. The molecule has 8 heteroatoms. The van der Waals surface area contributed by atoms with Crippen LogP contribution in [-0.4, -0.2) is 55.3 Å². The van der Waals surface area contributed by atoms with Crippen LogP contribution in [0.15, 0.2) is 9.72 Å². The fraction of sp³-hybridized carbons (Fsp3) is 0.667. The van der Waals surface area contributed by atoms with Gasteiger partial charge in [-0.3, -0.25) is 4.79 Å². The number of nitrogens with zero attached hydrogens (tertiary/aromatic N) is 2. The van der Waals surface area contributed by atoms with E-state index in [1.165, 1.54) is 0 Å². The van der Waals surface area contributed by atoms with Gasteiger partial charge in [0.1, 0.15) is 5.75 Å². The Morgan fingerprint density at radius 3 is 2.55 bits per heavy atom. The van der Waals surface area contributed by atoms with Crippen LogP contribution in [-0.2, 0) is 19.4 Å². The van der Waals surface area contributed by atoms with Crippen molar-refractivity contribution in [1.82, 2.24) is 9.88 Å². The first-order valence-electron chi connectivity index (χ1n) is 6.36. The molecular formula is C12H18N2O4S2. The molecule has 0 saturated carbocycles. The molecule has 1 aliphatic heterocycles. The van der Waals surface area contributed by atoms with Crippen LogP contribution in [0.2, 0.25) is 0 Å². The second-order valence-electron chi connectivity index (χ2n) is 5.07. The van der Waals surface area contributed by atoms with Gasteiger partial charge in [-0.25, -0.2) is 13.4 Å². The van der Waals surface area contributed by atoms with Gasteiger partial charge in [0.2, 0.25) is 20.1 Å². The number of thiazole rings is 1. The zero-order chi connectivity index (χ0) is 14.9. The molecule has 2 rings (SSSR count). The number of carbonyl (C=O) groups is 1. The largest absolute Gasteiger partial charge is 0.372 e. The van der Waals surface area contributed by atoms with Crippen molar-refractivity contribution in [2.45, 2.75) is 37.3 Å². The molecule has 2 heterocycles. The van der Waals surface area contributed by atoms with Crippen LogP contribution in [0.4, 0.5) is 0 Å².